The first-order chi connectivity index (χ1) is 20.1. The standard InChI is InChI=1S/C37H33FN2P/c1-27(2)37(36-35(28-21-23-29(38)24-22-28)33(26-40-36)34-20-12-13-25-39-34)41(30-14-6-3-7-15-30,31-16-8-4-9-17-31)32-18-10-5-11-19-32/h3-27,37,40H,1-2H3/q+1. The maximum atomic E-state index is 14.2. The van der Waals surface area contributed by atoms with E-state index in [0.717, 1.165) is 28.1 Å². The fourth-order valence-electron chi connectivity index (χ4n) is 6.22. The van der Waals surface area contributed by atoms with Crippen molar-refractivity contribution in [3.63, 3.8) is 0 Å². The van der Waals surface area contributed by atoms with Crippen LogP contribution in [0.25, 0.3) is 22.4 Å². The van der Waals surface area contributed by atoms with Gasteiger partial charge in [-0.1, -0.05) is 86.6 Å². The second-order valence-electron chi connectivity index (χ2n) is 10.6. The van der Waals surface area contributed by atoms with Crippen molar-refractivity contribution in [3.05, 3.63) is 157 Å². The second-order valence-corrected chi connectivity index (χ2v) is 14.2. The molecule has 0 aliphatic carbocycles. The number of aromatic amines is 1. The van der Waals surface area contributed by atoms with E-state index in [9.17, 15) is 4.39 Å². The average Bonchev–Trinajstić information content (AvgIpc) is 3.46. The highest BCUT2D eigenvalue weighted by Crippen LogP contribution is 2.70. The van der Waals surface area contributed by atoms with Crippen molar-refractivity contribution in [2.24, 2.45) is 5.92 Å². The lowest BCUT2D eigenvalue weighted by Crippen LogP contribution is -2.37. The molecule has 2 aromatic heterocycles. The van der Waals surface area contributed by atoms with Crippen LogP contribution in [0.15, 0.2) is 146 Å². The van der Waals surface area contributed by atoms with Gasteiger partial charge < -0.3 is 4.98 Å². The van der Waals surface area contributed by atoms with E-state index < -0.39 is 7.26 Å². The minimum atomic E-state index is -2.30. The predicted molar refractivity (Wildman–Crippen MR) is 172 cm³/mol. The van der Waals surface area contributed by atoms with Crippen LogP contribution in [-0.2, 0) is 0 Å². The molecule has 4 aromatic carbocycles. The summed E-state index contributed by atoms with van der Waals surface area (Å²) in [6.45, 7) is 4.65. The summed E-state index contributed by atoms with van der Waals surface area (Å²) in [6, 6.07) is 45.8. The maximum absolute atomic E-state index is 14.2. The zero-order valence-corrected chi connectivity index (χ0v) is 24.2. The van der Waals surface area contributed by atoms with Crippen molar-refractivity contribution in [3.8, 4) is 22.4 Å². The van der Waals surface area contributed by atoms with Gasteiger partial charge in [-0.05, 0) is 72.1 Å². The van der Waals surface area contributed by atoms with Crippen molar-refractivity contribution in [2.45, 2.75) is 19.5 Å². The zero-order chi connectivity index (χ0) is 28.2. The molecule has 0 saturated carbocycles. The van der Waals surface area contributed by atoms with Crippen LogP contribution < -0.4 is 15.9 Å². The van der Waals surface area contributed by atoms with E-state index in [-0.39, 0.29) is 17.4 Å². The Morgan fingerprint density at radius 2 is 1.15 bits per heavy atom. The molecule has 0 aliphatic heterocycles. The van der Waals surface area contributed by atoms with Crippen LogP contribution in [0.3, 0.4) is 0 Å². The molecule has 202 valence electrons. The summed E-state index contributed by atoms with van der Waals surface area (Å²) < 4.78 is 14.2. The highest BCUT2D eigenvalue weighted by molar-refractivity contribution is 7.96. The van der Waals surface area contributed by atoms with Gasteiger partial charge >= 0.3 is 0 Å². The first-order valence-electron chi connectivity index (χ1n) is 14.0. The minimum Gasteiger partial charge on any atom is -0.361 e. The third kappa shape index (κ3) is 4.92. The minimum absolute atomic E-state index is 0.0900. The largest absolute Gasteiger partial charge is 0.361 e. The molecule has 0 bridgehead atoms. The lowest BCUT2D eigenvalue weighted by Gasteiger charge is -2.37. The van der Waals surface area contributed by atoms with Gasteiger partial charge in [-0.2, -0.15) is 0 Å². The molecule has 0 spiro atoms. The summed E-state index contributed by atoms with van der Waals surface area (Å²) in [4.78, 5) is 8.50. The smallest absolute Gasteiger partial charge is 0.126 e. The predicted octanol–water partition coefficient (Wildman–Crippen LogP) is 8.57. The first kappa shape index (κ1) is 26.9. The van der Waals surface area contributed by atoms with Gasteiger partial charge in [-0.25, -0.2) is 4.39 Å². The number of hydrogen-bond acceptors (Lipinski definition) is 1. The Morgan fingerprint density at radius 3 is 1.61 bits per heavy atom. The van der Waals surface area contributed by atoms with E-state index in [2.05, 4.69) is 116 Å². The molecule has 0 saturated heterocycles. The normalized spacial score (nSPS) is 12.4. The van der Waals surface area contributed by atoms with Crippen LogP contribution in [0, 0.1) is 11.7 Å². The number of rotatable bonds is 8. The van der Waals surface area contributed by atoms with Crippen molar-refractivity contribution in [1.82, 2.24) is 9.97 Å². The molecule has 2 nitrogen and oxygen atoms in total. The van der Waals surface area contributed by atoms with Crippen LogP contribution in [-0.4, -0.2) is 9.97 Å². The number of aromatic nitrogens is 2. The van der Waals surface area contributed by atoms with E-state index in [1.807, 2.05) is 36.5 Å². The first-order valence-corrected chi connectivity index (χ1v) is 15.9. The number of halogens is 1. The van der Waals surface area contributed by atoms with E-state index in [1.54, 1.807) is 12.1 Å². The van der Waals surface area contributed by atoms with Crippen molar-refractivity contribution in [1.29, 1.82) is 0 Å². The number of nitrogens with zero attached hydrogens (tertiary/aromatic N) is 1. The maximum Gasteiger partial charge on any atom is 0.126 e. The summed E-state index contributed by atoms with van der Waals surface area (Å²) in [5, 5.41) is 3.99. The highest BCUT2D eigenvalue weighted by Gasteiger charge is 2.55. The fourth-order valence-corrected chi connectivity index (χ4v) is 11.5. The molecule has 2 heterocycles. The number of hydrogen-bond donors (Lipinski definition) is 1. The Labute approximate surface area is 242 Å². The van der Waals surface area contributed by atoms with Gasteiger partial charge in [0.1, 0.15) is 34.7 Å². The summed E-state index contributed by atoms with van der Waals surface area (Å²) in [6.07, 6.45) is 3.91. The molecule has 4 heteroatoms. The Kier molecular flexibility index (Phi) is 7.63. The second kappa shape index (κ2) is 11.6. The van der Waals surface area contributed by atoms with Crippen molar-refractivity contribution in [2.75, 3.05) is 0 Å². The van der Waals surface area contributed by atoms with Crippen molar-refractivity contribution >= 4 is 23.2 Å². The molecular weight excluding hydrogens is 522 g/mol. The lowest BCUT2D eigenvalue weighted by molar-refractivity contribution is 0.615. The Morgan fingerprint density at radius 1 is 0.634 bits per heavy atom. The number of nitrogens with one attached hydrogen (secondary N) is 1. The van der Waals surface area contributed by atoms with Gasteiger partial charge in [0.2, 0.25) is 0 Å². The topological polar surface area (TPSA) is 28.7 Å². The van der Waals surface area contributed by atoms with Crippen molar-refractivity contribution < 1.29 is 4.39 Å². The lowest BCUT2D eigenvalue weighted by atomic mass is 9.95. The Balaban J connectivity index is 1.73. The monoisotopic (exact) mass is 555 g/mol. The third-order valence-corrected chi connectivity index (χ3v) is 12.8. The molecule has 6 rings (SSSR count). The molecule has 41 heavy (non-hydrogen) atoms. The van der Waals surface area contributed by atoms with E-state index in [1.165, 1.54) is 15.9 Å². The summed E-state index contributed by atoms with van der Waals surface area (Å²) in [5.74, 6) is 0.0173. The van der Waals surface area contributed by atoms with Gasteiger partial charge in [0.25, 0.3) is 0 Å². The van der Waals surface area contributed by atoms with Gasteiger partial charge in [0.05, 0.1) is 11.4 Å². The van der Waals surface area contributed by atoms with Crippen LogP contribution in [0.2, 0.25) is 0 Å². The molecule has 0 radical (unpaired) electrons. The Bertz CT molecular complexity index is 1600. The zero-order valence-electron chi connectivity index (χ0n) is 23.3. The van der Waals surface area contributed by atoms with Crippen LogP contribution in [0.4, 0.5) is 4.39 Å². The SMILES string of the molecule is CC(C)C(c1[nH]cc(-c2ccccn2)c1-c1ccc(F)cc1)[P+](c1ccccc1)(c1ccccc1)c1ccccc1. The fraction of sp³-hybridized carbons (Fsp3) is 0.108. The number of pyridine rings is 1. The van der Waals surface area contributed by atoms with Crippen LogP contribution in [0.1, 0.15) is 25.2 Å². The highest BCUT2D eigenvalue weighted by atomic mass is 31.2. The van der Waals surface area contributed by atoms with E-state index >= 15 is 0 Å². The molecule has 1 unspecified atom stereocenters. The molecule has 1 N–H and O–H groups in total. The average molecular weight is 556 g/mol. The Hall–Kier alpha value is -4.33. The molecule has 0 aliphatic rings. The third-order valence-electron chi connectivity index (χ3n) is 7.82. The molecule has 0 amide bonds. The van der Waals surface area contributed by atoms with E-state index in [4.69, 9.17) is 4.98 Å². The van der Waals surface area contributed by atoms with Gasteiger partial charge in [0, 0.05) is 23.5 Å². The number of H-pyrrole nitrogens is 1. The molecular formula is C37H33FN2P+. The van der Waals surface area contributed by atoms with Gasteiger partial charge in [-0.15, -0.1) is 0 Å². The summed E-state index contributed by atoms with van der Waals surface area (Å²) in [7, 11) is -2.30. The molecule has 0 fully saturated rings. The quantitative estimate of drug-likeness (QED) is 0.187. The van der Waals surface area contributed by atoms with Crippen LogP contribution >= 0.6 is 7.26 Å². The van der Waals surface area contributed by atoms with Gasteiger partial charge in [-0.3, -0.25) is 4.98 Å². The van der Waals surface area contributed by atoms with E-state index in [0.29, 0.717) is 0 Å². The van der Waals surface area contributed by atoms with Crippen LogP contribution in [0.5, 0.6) is 0 Å². The molecule has 6 aromatic rings. The summed E-state index contributed by atoms with van der Waals surface area (Å²) >= 11 is 0. The van der Waals surface area contributed by atoms with Gasteiger partial charge in [0.15, 0.2) is 0 Å². The number of benzene rings is 4. The molecule has 1 atom stereocenters. The summed E-state index contributed by atoms with van der Waals surface area (Å²) in [5.41, 5.74) is 5.20.